The fourth-order valence-electron chi connectivity index (χ4n) is 2.21. The van der Waals surface area contributed by atoms with Crippen molar-refractivity contribution in [2.75, 3.05) is 0 Å². The minimum Gasteiger partial charge on any atom is -0.364 e. The first-order chi connectivity index (χ1) is 14.4. The number of rotatable bonds is 8. The molecule has 0 aliphatic heterocycles. The minimum absolute atomic E-state index is 0.519. The van der Waals surface area contributed by atoms with Gasteiger partial charge in [0.1, 0.15) is 5.70 Å². The Hall–Kier alpha value is -3.01. The Labute approximate surface area is 184 Å². The Morgan fingerprint density at radius 3 is 2.27 bits per heavy atom. The van der Waals surface area contributed by atoms with Crippen LogP contribution in [0.1, 0.15) is 61.1 Å². The maximum absolute atomic E-state index is 4.23. The molecule has 164 valence electrons. The van der Waals surface area contributed by atoms with Crippen LogP contribution < -0.4 is 5.32 Å². The molecular formula is C26H40N4. The number of allylic oxidation sites excluding steroid dienone is 6. The molecule has 1 aromatic heterocycles. The zero-order chi connectivity index (χ0) is 23.4. The summed E-state index contributed by atoms with van der Waals surface area (Å²) in [6.07, 6.45) is 13.2. The third-order valence-corrected chi connectivity index (χ3v) is 3.52. The van der Waals surface area contributed by atoms with E-state index in [1.807, 2.05) is 84.3 Å². The third kappa shape index (κ3) is 14.1. The summed E-state index contributed by atoms with van der Waals surface area (Å²) in [4.78, 5) is 12.2. The van der Waals surface area contributed by atoms with Crippen molar-refractivity contribution in [1.82, 2.24) is 10.3 Å². The first kappa shape index (κ1) is 29.2. The molecule has 0 bridgehead atoms. The van der Waals surface area contributed by atoms with Crippen LogP contribution in [-0.2, 0) is 0 Å². The first-order valence-electron chi connectivity index (χ1n) is 10.4. The second-order valence-corrected chi connectivity index (χ2v) is 6.31. The van der Waals surface area contributed by atoms with Gasteiger partial charge in [0.05, 0.1) is 5.69 Å². The fourth-order valence-corrected chi connectivity index (χ4v) is 2.21. The number of nitrogens with zero attached hydrogens (tertiary/aromatic N) is 3. The van der Waals surface area contributed by atoms with Crippen molar-refractivity contribution in [1.29, 1.82) is 0 Å². The zero-order valence-electron chi connectivity index (χ0n) is 20.1. The van der Waals surface area contributed by atoms with E-state index in [2.05, 4.69) is 53.5 Å². The van der Waals surface area contributed by atoms with Gasteiger partial charge >= 0.3 is 0 Å². The van der Waals surface area contributed by atoms with Crippen molar-refractivity contribution in [3.05, 3.63) is 84.1 Å². The predicted octanol–water partition coefficient (Wildman–Crippen LogP) is 7.37. The second-order valence-electron chi connectivity index (χ2n) is 6.31. The van der Waals surface area contributed by atoms with E-state index in [-0.39, 0.29) is 0 Å². The lowest BCUT2D eigenvalue weighted by Crippen LogP contribution is -2.04. The summed E-state index contributed by atoms with van der Waals surface area (Å²) in [5, 5.41) is 3.19. The maximum Gasteiger partial charge on any atom is 0.104 e. The number of aromatic nitrogens is 1. The molecule has 0 spiro atoms. The highest BCUT2D eigenvalue weighted by Gasteiger charge is 1.98. The van der Waals surface area contributed by atoms with Crippen molar-refractivity contribution in [2.24, 2.45) is 15.9 Å². The molecule has 1 heterocycles. The quantitative estimate of drug-likeness (QED) is 0.360. The van der Waals surface area contributed by atoms with Crippen LogP contribution in [0, 0.1) is 5.92 Å². The van der Waals surface area contributed by atoms with Crippen molar-refractivity contribution < 1.29 is 0 Å². The Morgan fingerprint density at radius 1 is 1.17 bits per heavy atom. The topological polar surface area (TPSA) is 49.6 Å². The fraction of sp³-hybridized carbons (Fsp3) is 0.346. The highest BCUT2D eigenvalue weighted by Crippen LogP contribution is 2.11. The SMILES string of the molecule is C=CC(=C\C)/C(C)=C/N=CC.C=N/C(=C\N/C(C)=C/C(C)C)c1ccccn1.CC. The molecule has 0 aromatic carbocycles. The van der Waals surface area contributed by atoms with Gasteiger partial charge in [0.25, 0.3) is 0 Å². The zero-order valence-corrected chi connectivity index (χ0v) is 20.1. The molecule has 0 fully saturated rings. The number of hydrogen-bond acceptors (Lipinski definition) is 4. The number of hydrogen-bond donors (Lipinski definition) is 1. The van der Waals surface area contributed by atoms with Crippen molar-refractivity contribution in [3.63, 3.8) is 0 Å². The van der Waals surface area contributed by atoms with Crippen LogP contribution in [0.5, 0.6) is 0 Å². The summed E-state index contributed by atoms with van der Waals surface area (Å²) >= 11 is 0. The van der Waals surface area contributed by atoms with Crippen molar-refractivity contribution >= 4 is 18.6 Å². The Balaban J connectivity index is 0. The van der Waals surface area contributed by atoms with Crippen LogP contribution in [-0.4, -0.2) is 17.9 Å². The van der Waals surface area contributed by atoms with Crippen LogP contribution in [0.3, 0.4) is 0 Å². The highest BCUT2D eigenvalue weighted by molar-refractivity contribution is 5.65. The minimum atomic E-state index is 0.519. The Kier molecular flexibility index (Phi) is 18.8. The van der Waals surface area contributed by atoms with Gasteiger partial charge in [0, 0.05) is 30.5 Å². The molecule has 0 aliphatic rings. The molecule has 0 radical (unpaired) electrons. The number of nitrogens with one attached hydrogen (secondary N) is 1. The molecule has 0 unspecified atom stereocenters. The van der Waals surface area contributed by atoms with Gasteiger partial charge in [0.15, 0.2) is 0 Å². The average Bonchev–Trinajstić information content (AvgIpc) is 2.75. The normalized spacial score (nSPS) is 12.6. The Bertz CT molecular complexity index is 748. The molecule has 1 aromatic rings. The van der Waals surface area contributed by atoms with Gasteiger partial charge in [-0.3, -0.25) is 15.0 Å². The van der Waals surface area contributed by atoms with E-state index in [0.717, 1.165) is 28.2 Å². The lowest BCUT2D eigenvalue weighted by atomic mass is 10.1. The number of pyridine rings is 1. The molecule has 4 nitrogen and oxygen atoms in total. The van der Waals surface area contributed by atoms with E-state index in [1.54, 1.807) is 12.4 Å². The first-order valence-corrected chi connectivity index (χ1v) is 10.4. The van der Waals surface area contributed by atoms with E-state index in [4.69, 9.17) is 0 Å². The molecule has 0 atom stereocenters. The predicted molar refractivity (Wildman–Crippen MR) is 137 cm³/mol. The van der Waals surface area contributed by atoms with Gasteiger partial charge in [-0.2, -0.15) is 0 Å². The van der Waals surface area contributed by atoms with E-state index in [9.17, 15) is 0 Å². The Morgan fingerprint density at radius 2 is 1.83 bits per heavy atom. The van der Waals surface area contributed by atoms with Gasteiger partial charge < -0.3 is 5.32 Å². The van der Waals surface area contributed by atoms with E-state index in [0.29, 0.717) is 5.92 Å². The summed E-state index contributed by atoms with van der Waals surface area (Å²) < 4.78 is 0. The van der Waals surface area contributed by atoms with Gasteiger partial charge in [-0.25, -0.2) is 0 Å². The van der Waals surface area contributed by atoms with Gasteiger partial charge in [-0.05, 0) is 63.6 Å². The van der Waals surface area contributed by atoms with Crippen molar-refractivity contribution in [3.8, 4) is 0 Å². The van der Waals surface area contributed by atoms with Gasteiger partial charge in [-0.15, -0.1) is 0 Å². The molecular weight excluding hydrogens is 368 g/mol. The molecule has 0 saturated heterocycles. The lowest BCUT2D eigenvalue weighted by Gasteiger charge is -2.05. The standard InChI is InChI=1S/C14H19N3.C10H15N.C2H6/c1-11(2)9-12(3)17-10-14(15-4)13-7-5-6-8-16-13;1-5-10(6-2)9(4)8-11-7-3;1-2/h5-11,17H,4H2,1-3H3;5-8H,1H2,2-4H3;1-2H3/b12-9+,14-10-;9-8+,10-6+,11-7?;. The van der Waals surface area contributed by atoms with Crippen LogP contribution in [0.25, 0.3) is 5.70 Å². The summed E-state index contributed by atoms with van der Waals surface area (Å²) in [6, 6.07) is 5.71. The van der Waals surface area contributed by atoms with Crippen LogP contribution >= 0.6 is 0 Å². The third-order valence-electron chi connectivity index (χ3n) is 3.52. The van der Waals surface area contributed by atoms with Crippen LogP contribution in [0.4, 0.5) is 0 Å². The average molecular weight is 409 g/mol. The highest BCUT2D eigenvalue weighted by atomic mass is 14.9. The maximum atomic E-state index is 4.23. The molecule has 30 heavy (non-hydrogen) atoms. The molecule has 1 rings (SSSR count). The number of aliphatic imine (C=N–C) groups is 2. The summed E-state index contributed by atoms with van der Waals surface area (Å²) in [6.45, 7) is 23.5. The summed E-state index contributed by atoms with van der Waals surface area (Å²) in [7, 11) is 0. The molecule has 0 saturated carbocycles. The van der Waals surface area contributed by atoms with E-state index >= 15 is 0 Å². The van der Waals surface area contributed by atoms with E-state index in [1.165, 1.54) is 0 Å². The molecule has 0 amide bonds. The van der Waals surface area contributed by atoms with Crippen molar-refractivity contribution in [2.45, 2.75) is 55.4 Å². The van der Waals surface area contributed by atoms with Gasteiger partial charge in [0.2, 0.25) is 0 Å². The second kappa shape index (κ2) is 19.3. The van der Waals surface area contributed by atoms with E-state index < -0.39 is 0 Å². The molecule has 1 N–H and O–H groups in total. The van der Waals surface area contributed by atoms with Gasteiger partial charge in [-0.1, -0.05) is 58.6 Å². The molecule has 0 aliphatic carbocycles. The monoisotopic (exact) mass is 408 g/mol. The lowest BCUT2D eigenvalue weighted by molar-refractivity contribution is 0.808. The van der Waals surface area contributed by atoms with Crippen LogP contribution in [0.2, 0.25) is 0 Å². The molecule has 4 heteroatoms. The summed E-state index contributed by atoms with van der Waals surface area (Å²) in [5.74, 6) is 0.519. The summed E-state index contributed by atoms with van der Waals surface area (Å²) in [5.41, 5.74) is 4.92. The van der Waals surface area contributed by atoms with Crippen LogP contribution in [0.15, 0.2) is 88.4 Å². The smallest absolute Gasteiger partial charge is 0.104 e. The largest absolute Gasteiger partial charge is 0.364 e.